The molecule has 0 fully saturated rings. The fourth-order valence-electron chi connectivity index (χ4n) is 1.49. The van der Waals surface area contributed by atoms with Crippen molar-refractivity contribution in [2.75, 3.05) is 33.2 Å². The normalized spacial score (nSPS) is 11.9. The van der Waals surface area contributed by atoms with Gasteiger partial charge in [-0.25, -0.2) is 0 Å². The number of anilines is 1. The zero-order valence-electron chi connectivity index (χ0n) is 10.5. The Kier molecular flexibility index (Phi) is 5.41. The minimum absolute atomic E-state index is 0.189. The van der Waals surface area contributed by atoms with Crippen molar-refractivity contribution >= 4 is 11.6 Å². The first-order valence-corrected chi connectivity index (χ1v) is 5.46. The number of hydrogen-bond donors (Lipinski definition) is 3. The maximum Gasteiger partial charge on any atom is 0.251 e. The van der Waals surface area contributed by atoms with E-state index >= 15 is 0 Å². The van der Waals surface area contributed by atoms with Gasteiger partial charge in [-0.3, -0.25) is 4.79 Å². The zero-order chi connectivity index (χ0) is 13.5. The number of hydrogen-bond acceptors (Lipinski definition) is 5. The maximum absolute atomic E-state index is 11.9. The molecule has 0 saturated carbocycles. The number of carbonyl (C=O) groups is 1. The molecule has 1 amide bonds. The molecule has 0 heterocycles. The van der Waals surface area contributed by atoms with E-state index in [1.807, 2.05) is 0 Å². The number of methoxy groups -OCH3 is 2. The van der Waals surface area contributed by atoms with E-state index in [4.69, 9.17) is 20.3 Å². The summed E-state index contributed by atoms with van der Waals surface area (Å²) in [6.07, 6.45) is 0. The van der Waals surface area contributed by atoms with Gasteiger partial charge in [0.2, 0.25) is 0 Å². The van der Waals surface area contributed by atoms with Crippen LogP contribution in [0.4, 0.5) is 5.69 Å². The first-order valence-electron chi connectivity index (χ1n) is 5.46. The van der Waals surface area contributed by atoms with Crippen molar-refractivity contribution in [3.63, 3.8) is 0 Å². The molecule has 4 N–H and O–H groups in total. The van der Waals surface area contributed by atoms with E-state index in [9.17, 15) is 4.79 Å². The van der Waals surface area contributed by atoms with E-state index in [0.29, 0.717) is 17.0 Å². The van der Waals surface area contributed by atoms with Gasteiger partial charge in [-0.1, -0.05) is 0 Å². The highest BCUT2D eigenvalue weighted by Gasteiger charge is 2.13. The minimum Gasteiger partial charge on any atom is -0.495 e. The smallest absolute Gasteiger partial charge is 0.251 e. The molecule has 18 heavy (non-hydrogen) atoms. The van der Waals surface area contributed by atoms with Crippen LogP contribution in [0.1, 0.15) is 10.4 Å². The Morgan fingerprint density at radius 3 is 2.72 bits per heavy atom. The van der Waals surface area contributed by atoms with E-state index in [2.05, 4.69) is 5.32 Å². The van der Waals surface area contributed by atoms with Crippen LogP contribution in [-0.4, -0.2) is 44.5 Å². The van der Waals surface area contributed by atoms with Crippen LogP contribution in [-0.2, 0) is 4.74 Å². The zero-order valence-corrected chi connectivity index (χ0v) is 10.5. The molecule has 100 valence electrons. The van der Waals surface area contributed by atoms with E-state index in [1.54, 1.807) is 12.1 Å². The molecule has 6 heteroatoms. The van der Waals surface area contributed by atoms with Gasteiger partial charge in [-0.2, -0.15) is 0 Å². The lowest BCUT2D eigenvalue weighted by molar-refractivity contribution is 0.0839. The number of aliphatic hydroxyl groups is 1. The summed E-state index contributed by atoms with van der Waals surface area (Å²) in [4.78, 5) is 11.9. The molecular weight excluding hydrogens is 236 g/mol. The van der Waals surface area contributed by atoms with Gasteiger partial charge < -0.3 is 25.6 Å². The van der Waals surface area contributed by atoms with Crippen LogP contribution in [0.5, 0.6) is 5.75 Å². The molecule has 0 aliphatic carbocycles. The van der Waals surface area contributed by atoms with Gasteiger partial charge in [0.15, 0.2) is 0 Å². The van der Waals surface area contributed by atoms with Gasteiger partial charge in [0.25, 0.3) is 5.91 Å². The fourth-order valence-corrected chi connectivity index (χ4v) is 1.49. The van der Waals surface area contributed by atoms with Gasteiger partial charge in [0, 0.05) is 12.7 Å². The number of aliphatic hydroxyl groups excluding tert-OH is 1. The van der Waals surface area contributed by atoms with Crippen LogP contribution in [0.2, 0.25) is 0 Å². The Hall–Kier alpha value is -1.79. The Morgan fingerprint density at radius 2 is 2.22 bits per heavy atom. The van der Waals surface area contributed by atoms with Gasteiger partial charge in [0.05, 0.1) is 32.1 Å². The molecule has 6 nitrogen and oxygen atoms in total. The molecule has 0 bridgehead atoms. The van der Waals surface area contributed by atoms with Gasteiger partial charge in [0.1, 0.15) is 5.75 Å². The molecular formula is C12H18N2O4. The molecule has 1 unspecified atom stereocenters. The third-order valence-electron chi connectivity index (χ3n) is 2.42. The minimum atomic E-state index is -0.439. The van der Waals surface area contributed by atoms with Crippen LogP contribution in [0, 0.1) is 0 Å². The quantitative estimate of drug-likeness (QED) is 0.622. The van der Waals surface area contributed by atoms with Crippen LogP contribution < -0.4 is 15.8 Å². The molecule has 0 radical (unpaired) electrons. The molecule has 1 aromatic carbocycles. The molecule has 0 aliphatic rings. The largest absolute Gasteiger partial charge is 0.495 e. The van der Waals surface area contributed by atoms with Gasteiger partial charge >= 0.3 is 0 Å². The van der Waals surface area contributed by atoms with Crippen molar-refractivity contribution in [1.82, 2.24) is 5.32 Å². The number of nitrogens with two attached hydrogens (primary N) is 1. The summed E-state index contributed by atoms with van der Waals surface area (Å²) in [7, 11) is 3.01. The fraction of sp³-hybridized carbons (Fsp3) is 0.417. The van der Waals surface area contributed by atoms with E-state index < -0.39 is 6.04 Å². The second kappa shape index (κ2) is 6.83. The van der Waals surface area contributed by atoms with Gasteiger partial charge in [-0.05, 0) is 18.2 Å². The SMILES string of the molecule is COCC(CO)NC(=O)c1ccc(OC)c(N)c1. The summed E-state index contributed by atoms with van der Waals surface area (Å²) < 4.78 is 9.88. The first-order chi connectivity index (χ1) is 8.62. The number of benzene rings is 1. The molecule has 0 spiro atoms. The summed E-state index contributed by atoms with van der Waals surface area (Å²) in [5, 5.41) is 11.7. The predicted molar refractivity (Wildman–Crippen MR) is 67.6 cm³/mol. The summed E-state index contributed by atoms with van der Waals surface area (Å²) in [6, 6.07) is 4.31. The lowest BCUT2D eigenvalue weighted by Crippen LogP contribution is -2.40. The highest BCUT2D eigenvalue weighted by Crippen LogP contribution is 2.21. The number of ether oxygens (including phenoxy) is 2. The predicted octanol–water partition coefficient (Wildman–Crippen LogP) is 0.0145. The van der Waals surface area contributed by atoms with Crippen molar-refractivity contribution < 1.29 is 19.4 Å². The average Bonchev–Trinajstić information content (AvgIpc) is 2.37. The number of carbonyl (C=O) groups excluding carboxylic acids is 1. The molecule has 1 aromatic rings. The molecule has 0 aromatic heterocycles. The van der Waals surface area contributed by atoms with Crippen molar-refractivity contribution in [3.8, 4) is 5.75 Å². The molecule has 0 saturated heterocycles. The topological polar surface area (TPSA) is 93.8 Å². The van der Waals surface area contributed by atoms with Crippen molar-refractivity contribution in [2.24, 2.45) is 0 Å². The third-order valence-corrected chi connectivity index (χ3v) is 2.42. The number of nitrogen functional groups attached to an aromatic ring is 1. The standard InChI is InChI=1S/C12H18N2O4/c1-17-7-9(6-15)14-12(16)8-3-4-11(18-2)10(13)5-8/h3-5,9,15H,6-7,13H2,1-2H3,(H,14,16). The van der Waals surface area contributed by atoms with Crippen LogP contribution >= 0.6 is 0 Å². The van der Waals surface area contributed by atoms with E-state index in [0.717, 1.165) is 0 Å². The third kappa shape index (κ3) is 3.61. The Balaban J connectivity index is 2.74. The summed E-state index contributed by atoms with van der Waals surface area (Å²) >= 11 is 0. The number of amides is 1. The van der Waals surface area contributed by atoms with Crippen LogP contribution in [0.25, 0.3) is 0 Å². The number of rotatable bonds is 6. The summed E-state index contributed by atoms with van der Waals surface area (Å²) in [5.41, 5.74) is 6.50. The maximum atomic E-state index is 11.9. The van der Waals surface area contributed by atoms with Crippen molar-refractivity contribution in [3.05, 3.63) is 23.8 Å². The van der Waals surface area contributed by atoms with Crippen LogP contribution in [0.3, 0.4) is 0 Å². The van der Waals surface area contributed by atoms with Crippen LogP contribution in [0.15, 0.2) is 18.2 Å². The second-order valence-electron chi connectivity index (χ2n) is 3.77. The highest BCUT2D eigenvalue weighted by atomic mass is 16.5. The monoisotopic (exact) mass is 254 g/mol. The van der Waals surface area contributed by atoms with E-state index in [1.165, 1.54) is 20.3 Å². The number of nitrogens with one attached hydrogen (secondary N) is 1. The Morgan fingerprint density at radius 1 is 1.50 bits per heavy atom. The first kappa shape index (κ1) is 14.3. The summed E-state index contributed by atoms with van der Waals surface area (Å²) in [6.45, 7) is 0.0547. The Labute approximate surface area is 106 Å². The van der Waals surface area contributed by atoms with E-state index in [-0.39, 0.29) is 19.1 Å². The molecule has 1 rings (SSSR count). The second-order valence-corrected chi connectivity index (χ2v) is 3.77. The van der Waals surface area contributed by atoms with Gasteiger partial charge in [-0.15, -0.1) is 0 Å². The van der Waals surface area contributed by atoms with Crippen molar-refractivity contribution in [1.29, 1.82) is 0 Å². The average molecular weight is 254 g/mol. The van der Waals surface area contributed by atoms with Crippen molar-refractivity contribution in [2.45, 2.75) is 6.04 Å². The lowest BCUT2D eigenvalue weighted by Gasteiger charge is -2.15. The highest BCUT2D eigenvalue weighted by molar-refractivity contribution is 5.95. The lowest BCUT2D eigenvalue weighted by atomic mass is 10.1. The summed E-state index contributed by atoms with van der Waals surface area (Å²) in [5.74, 6) is 0.197. The molecule has 1 atom stereocenters. The molecule has 0 aliphatic heterocycles. The Bertz CT molecular complexity index is 409.